The molecular weight excluding hydrogens is 351 g/mol. The Balaban J connectivity index is 1.84. The topological polar surface area (TPSA) is 60.7 Å². The Morgan fingerprint density at radius 3 is 2.50 bits per heavy atom. The minimum Gasteiger partial charge on any atom is -0.302 e. The van der Waals surface area contributed by atoms with E-state index in [0.717, 1.165) is 24.4 Å². The number of nitrogens with zero attached hydrogens (tertiary/aromatic N) is 4. The van der Waals surface area contributed by atoms with Crippen LogP contribution in [0.1, 0.15) is 30.6 Å². The molecule has 3 rings (SSSR count). The maximum atomic E-state index is 13.1. The molecule has 1 unspecified atom stereocenters. The van der Waals surface area contributed by atoms with Crippen molar-refractivity contribution < 1.29 is 9.18 Å². The third-order valence-electron chi connectivity index (χ3n) is 3.88. The van der Waals surface area contributed by atoms with Crippen LogP contribution in [-0.4, -0.2) is 30.8 Å². The van der Waals surface area contributed by atoms with Crippen molar-refractivity contribution in [2.75, 3.05) is 0 Å². The molecule has 134 valence electrons. The van der Waals surface area contributed by atoms with E-state index in [1.54, 1.807) is 12.4 Å². The second kappa shape index (κ2) is 8.23. The van der Waals surface area contributed by atoms with Gasteiger partial charge in [0.05, 0.1) is 5.25 Å². The van der Waals surface area contributed by atoms with Gasteiger partial charge in [-0.05, 0) is 49.7 Å². The summed E-state index contributed by atoms with van der Waals surface area (Å²) in [6.07, 6.45) is 4.35. The van der Waals surface area contributed by atoms with Crippen molar-refractivity contribution in [1.29, 1.82) is 0 Å². The molecule has 0 saturated heterocycles. The number of rotatable bonds is 7. The lowest BCUT2D eigenvalue weighted by atomic mass is 10.1. The summed E-state index contributed by atoms with van der Waals surface area (Å²) in [5.41, 5.74) is 1.42. The predicted molar refractivity (Wildman–Crippen MR) is 99.6 cm³/mol. The lowest BCUT2D eigenvalue weighted by Gasteiger charge is -2.12. The second-order valence-electron chi connectivity index (χ2n) is 5.82. The van der Waals surface area contributed by atoms with Crippen LogP contribution in [-0.2, 0) is 6.54 Å². The number of hydrogen-bond donors (Lipinski definition) is 0. The average molecular weight is 370 g/mol. The molecule has 0 saturated carbocycles. The van der Waals surface area contributed by atoms with Crippen LogP contribution in [0, 0.1) is 5.82 Å². The Labute approximate surface area is 155 Å². The predicted octanol–water partition coefficient (Wildman–Crippen LogP) is 4.25. The van der Waals surface area contributed by atoms with Gasteiger partial charge in [-0.15, -0.1) is 10.2 Å². The number of halogens is 1. The normalized spacial score (nSPS) is 12.1. The zero-order chi connectivity index (χ0) is 18.5. The molecule has 0 amide bonds. The minimum absolute atomic E-state index is 0.0634. The Morgan fingerprint density at radius 1 is 1.15 bits per heavy atom. The number of carbonyl (C=O) groups excluding carboxylic acids is 1. The lowest BCUT2D eigenvalue weighted by Crippen LogP contribution is -2.15. The van der Waals surface area contributed by atoms with Crippen molar-refractivity contribution in [1.82, 2.24) is 19.7 Å². The van der Waals surface area contributed by atoms with E-state index in [1.165, 1.54) is 36.0 Å². The summed E-state index contributed by atoms with van der Waals surface area (Å²) in [6.45, 7) is 4.66. The quantitative estimate of drug-likeness (QED) is 0.459. The van der Waals surface area contributed by atoms with Crippen LogP contribution >= 0.6 is 11.8 Å². The highest BCUT2D eigenvalue weighted by atomic mass is 32.2. The number of benzene rings is 1. The standard InChI is InChI=1S/C19H19FN4OS/c1-3-12-24-18(15-8-10-21-11-9-15)22-23-19(24)26-13(2)17(25)14-4-6-16(20)7-5-14/h4-11,13H,3,12H2,1-2H3. The fourth-order valence-corrected chi connectivity index (χ4v) is 3.53. The van der Waals surface area contributed by atoms with Gasteiger partial charge in [0.2, 0.25) is 0 Å². The van der Waals surface area contributed by atoms with E-state index >= 15 is 0 Å². The first-order valence-corrected chi connectivity index (χ1v) is 9.28. The highest BCUT2D eigenvalue weighted by molar-refractivity contribution is 8.00. The summed E-state index contributed by atoms with van der Waals surface area (Å²) in [5.74, 6) is 0.344. The molecule has 26 heavy (non-hydrogen) atoms. The summed E-state index contributed by atoms with van der Waals surface area (Å²) in [6, 6.07) is 9.38. The van der Waals surface area contributed by atoms with Gasteiger partial charge in [-0.1, -0.05) is 18.7 Å². The van der Waals surface area contributed by atoms with Crippen LogP contribution in [0.4, 0.5) is 4.39 Å². The molecule has 0 bridgehead atoms. The summed E-state index contributed by atoms with van der Waals surface area (Å²) in [7, 11) is 0. The molecule has 0 fully saturated rings. The van der Waals surface area contributed by atoms with Crippen molar-refractivity contribution in [3.63, 3.8) is 0 Å². The number of pyridine rings is 1. The van der Waals surface area contributed by atoms with Crippen molar-refractivity contribution in [2.45, 2.75) is 37.2 Å². The van der Waals surface area contributed by atoms with Gasteiger partial charge in [-0.25, -0.2) is 4.39 Å². The van der Waals surface area contributed by atoms with Crippen LogP contribution < -0.4 is 0 Å². The molecule has 0 aliphatic rings. The first kappa shape index (κ1) is 18.3. The molecule has 0 aliphatic carbocycles. The first-order chi connectivity index (χ1) is 12.6. The van der Waals surface area contributed by atoms with Crippen LogP contribution in [0.5, 0.6) is 0 Å². The van der Waals surface area contributed by atoms with Gasteiger partial charge in [0.15, 0.2) is 16.8 Å². The van der Waals surface area contributed by atoms with E-state index in [-0.39, 0.29) is 16.9 Å². The van der Waals surface area contributed by atoms with E-state index in [4.69, 9.17) is 0 Å². The molecule has 2 aromatic heterocycles. The Bertz CT molecular complexity index is 880. The van der Waals surface area contributed by atoms with Crippen LogP contribution in [0.15, 0.2) is 53.9 Å². The van der Waals surface area contributed by atoms with Gasteiger partial charge in [0.25, 0.3) is 0 Å². The van der Waals surface area contributed by atoms with Gasteiger partial charge in [-0.3, -0.25) is 9.78 Å². The largest absolute Gasteiger partial charge is 0.302 e. The number of ketones is 1. The van der Waals surface area contributed by atoms with E-state index < -0.39 is 0 Å². The monoisotopic (exact) mass is 370 g/mol. The third-order valence-corrected chi connectivity index (χ3v) is 4.96. The summed E-state index contributed by atoms with van der Waals surface area (Å²) >= 11 is 1.36. The molecule has 0 aliphatic heterocycles. The molecule has 0 N–H and O–H groups in total. The number of hydrogen-bond acceptors (Lipinski definition) is 5. The van der Waals surface area contributed by atoms with Crippen LogP contribution in [0.2, 0.25) is 0 Å². The zero-order valence-electron chi connectivity index (χ0n) is 14.6. The molecule has 3 aromatic rings. The Kier molecular flexibility index (Phi) is 5.78. The van der Waals surface area contributed by atoms with Crippen LogP contribution in [0.3, 0.4) is 0 Å². The first-order valence-electron chi connectivity index (χ1n) is 8.40. The van der Waals surface area contributed by atoms with Gasteiger partial charge < -0.3 is 4.57 Å². The molecule has 5 nitrogen and oxygen atoms in total. The van der Waals surface area contributed by atoms with Crippen molar-refractivity contribution in [2.24, 2.45) is 0 Å². The van der Waals surface area contributed by atoms with Gasteiger partial charge in [-0.2, -0.15) is 0 Å². The molecule has 7 heteroatoms. The van der Waals surface area contributed by atoms with Crippen molar-refractivity contribution >= 4 is 17.5 Å². The number of carbonyl (C=O) groups is 1. The number of aromatic nitrogens is 4. The molecule has 1 atom stereocenters. The highest BCUT2D eigenvalue weighted by Crippen LogP contribution is 2.28. The Hall–Kier alpha value is -2.54. The number of thioether (sulfide) groups is 1. The molecule has 2 heterocycles. The molecular formula is C19H19FN4OS. The minimum atomic E-state index is -0.356. The maximum absolute atomic E-state index is 13.1. The third kappa shape index (κ3) is 3.99. The van der Waals surface area contributed by atoms with Gasteiger partial charge in [0.1, 0.15) is 5.82 Å². The van der Waals surface area contributed by atoms with Crippen molar-refractivity contribution in [3.8, 4) is 11.4 Å². The summed E-state index contributed by atoms with van der Waals surface area (Å²) < 4.78 is 15.1. The van der Waals surface area contributed by atoms with Crippen molar-refractivity contribution in [3.05, 3.63) is 60.2 Å². The zero-order valence-corrected chi connectivity index (χ0v) is 15.4. The fraction of sp³-hybridized carbons (Fsp3) is 0.263. The maximum Gasteiger partial charge on any atom is 0.192 e. The average Bonchev–Trinajstić information content (AvgIpc) is 3.05. The van der Waals surface area contributed by atoms with E-state index in [2.05, 4.69) is 22.1 Å². The number of Topliss-reactive ketones (excluding diaryl/α,β-unsaturated/α-hetero) is 1. The van der Waals surface area contributed by atoms with Gasteiger partial charge in [0, 0.05) is 30.1 Å². The SMILES string of the molecule is CCCn1c(SC(C)C(=O)c2ccc(F)cc2)nnc1-c1ccncc1. The Morgan fingerprint density at radius 2 is 1.85 bits per heavy atom. The van der Waals surface area contributed by atoms with E-state index in [1.807, 2.05) is 23.6 Å². The fourth-order valence-electron chi connectivity index (χ4n) is 2.58. The second-order valence-corrected chi connectivity index (χ2v) is 7.13. The highest BCUT2D eigenvalue weighted by Gasteiger charge is 2.21. The molecule has 0 radical (unpaired) electrons. The smallest absolute Gasteiger partial charge is 0.192 e. The summed E-state index contributed by atoms with van der Waals surface area (Å²) in [4.78, 5) is 16.6. The van der Waals surface area contributed by atoms with Crippen LogP contribution in [0.25, 0.3) is 11.4 Å². The van der Waals surface area contributed by atoms with E-state index in [9.17, 15) is 9.18 Å². The molecule has 0 spiro atoms. The van der Waals surface area contributed by atoms with Gasteiger partial charge >= 0.3 is 0 Å². The van der Waals surface area contributed by atoms with E-state index in [0.29, 0.717) is 10.7 Å². The lowest BCUT2D eigenvalue weighted by molar-refractivity contribution is 0.0994. The summed E-state index contributed by atoms with van der Waals surface area (Å²) in [5, 5.41) is 8.93. The molecule has 1 aromatic carbocycles.